The van der Waals surface area contributed by atoms with E-state index in [1.165, 1.54) is 0 Å². The van der Waals surface area contributed by atoms with Gasteiger partial charge in [-0.2, -0.15) is 0 Å². The van der Waals surface area contributed by atoms with Crippen LogP contribution in [-0.4, -0.2) is 29.3 Å². The molecule has 4 nitrogen and oxygen atoms in total. The number of nitrogens with one attached hydrogen (secondary N) is 1. The predicted octanol–water partition coefficient (Wildman–Crippen LogP) is 5.52. The van der Waals surface area contributed by atoms with Crippen molar-refractivity contribution in [1.29, 1.82) is 0 Å². The Hall–Kier alpha value is -2.92. The Labute approximate surface area is 198 Å². The lowest BCUT2D eigenvalue weighted by atomic mass is 9.88. The molecule has 0 fully saturated rings. The van der Waals surface area contributed by atoms with Gasteiger partial charge in [0.1, 0.15) is 6.04 Å². The van der Waals surface area contributed by atoms with E-state index in [2.05, 4.69) is 45.5 Å². The van der Waals surface area contributed by atoms with Crippen molar-refractivity contribution in [2.45, 2.75) is 38.8 Å². The molecule has 3 aromatic carbocycles. The Morgan fingerprint density at radius 2 is 1.41 bits per heavy atom. The topological polar surface area (TPSA) is 49.4 Å². The van der Waals surface area contributed by atoms with Gasteiger partial charge < -0.3 is 10.2 Å². The molecule has 0 aliphatic carbocycles. The van der Waals surface area contributed by atoms with Gasteiger partial charge in [0, 0.05) is 29.9 Å². The predicted molar refractivity (Wildman–Crippen MR) is 132 cm³/mol. The third-order valence-electron chi connectivity index (χ3n) is 5.57. The Kier molecular flexibility index (Phi) is 8.63. The zero-order valence-corrected chi connectivity index (χ0v) is 20.1. The van der Waals surface area contributed by atoms with Crippen molar-refractivity contribution in [2.24, 2.45) is 0 Å². The van der Waals surface area contributed by atoms with E-state index in [0.29, 0.717) is 13.1 Å². The quantitative estimate of drug-likeness (QED) is 0.427. The first-order valence-electron chi connectivity index (χ1n) is 10.9. The molecular formula is C27H29BrN2O2. The van der Waals surface area contributed by atoms with Crippen LogP contribution in [0.2, 0.25) is 0 Å². The van der Waals surface area contributed by atoms with Gasteiger partial charge in [-0.3, -0.25) is 9.59 Å². The maximum absolute atomic E-state index is 13.7. The average molecular weight is 493 g/mol. The number of amides is 2. The normalized spacial score (nSPS) is 11.8. The molecular weight excluding hydrogens is 464 g/mol. The molecule has 0 unspecified atom stereocenters. The van der Waals surface area contributed by atoms with Crippen LogP contribution in [0.4, 0.5) is 0 Å². The zero-order chi connectivity index (χ0) is 22.9. The van der Waals surface area contributed by atoms with E-state index in [1.54, 1.807) is 11.8 Å². The fourth-order valence-corrected chi connectivity index (χ4v) is 4.05. The molecule has 0 spiro atoms. The number of nitrogens with zero attached hydrogens (tertiary/aromatic N) is 1. The van der Waals surface area contributed by atoms with Gasteiger partial charge >= 0.3 is 0 Å². The molecule has 1 atom stereocenters. The molecule has 32 heavy (non-hydrogen) atoms. The molecule has 0 aliphatic heterocycles. The van der Waals surface area contributed by atoms with Crippen molar-refractivity contribution < 1.29 is 9.59 Å². The van der Waals surface area contributed by atoms with Gasteiger partial charge in [0.05, 0.1) is 0 Å². The van der Waals surface area contributed by atoms with Gasteiger partial charge in [-0.15, -0.1) is 0 Å². The molecule has 0 aromatic heterocycles. The van der Waals surface area contributed by atoms with E-state index in [-0.39, 0.29) is 24.2 Å². The van der Waals surface area contributed by atoms with E-state index in [4.69, 9.17) is 0 Å². The molecule has 1 N–H and O–H groups in total. The van der Waals surface area contributed by atoms with Gasteiger partial charge in [0.15, 0.2) is 0 Å². The van der Waals surface area contributed by atoms with Crippen LogP contribution in [0.25, 0.3) is 0 Å². The fourth-order valence-electron chi connectivity index (χ4n) is 3.78. The molecule has 3 rings (SSSR count). The molecule has 0 bridgehead atoms. The minimum atomic E-state index is -0.571. The van der Waals surface area contributed by atoms with Crippen LogP contribution in [0.15, 0.2) is 89.4 Å². The van der Waals surface area contributed by atoms with Crippen molar-refractivity contribution in [3.05, 3.63) is 106 Å². The number of carbonyl (C=O) groups excluding carboxylic acids is 2. The van der Waals surface area contributed by atoms with Crippen molar-refractivity contribution in [1.82, 2.24) is 10.2 Å². The smallest absolute Gasteiger partial charge is 0.242 e. The first-order valence-corrected chi connectivity index (χ1v) is 11.7. The monoisotopic (exact) mass is 492 g/mol. The highest BCUT2D eigenvalue weighted by Crippen LogP contribution is 2.29. The summed E-state index contributed by atoms with van der Waals surface area (Å²) in [6, 6.07) is 27.4. The number of halogens is 1. The van der Waals surface area contributed by atoms with Crippen molar-refractivity contribution in [2.75, 3.05) is 6.54 Å². The Balaban J connectivity index is 1.90. The summed E-state index contributed by atoms with van der Waals surface area (Å²) in [5.41, 5.74) is 3.15. The molecule has 0 aliphatic rings. The van der Waals surface area contributed by atoms with Crippen molar-refractivity contribution in [3.63, 3.8) is 0 Å². The van der Waals surface area contributed by atoms with Crippen molar-refractivity contribution >= 4 is 27.7 Å². The molecule has 0 saturated carbocycles. The van der Waals surface area contributed by atoms with Gasteiger partial charge in [-0.05, 0) is 42.7 Å². The third-order valence-corrected chi connectivity index (χ3v) is 6.10. The van der Waals surface area contributed by atoms with Crippen LogP contribution >= 0.6 is 15.9 Å². The standard InChI is InChI=1S/C27H29BrN2O2/c1-3-29-27(32)20(2)30(19-21-14-16-24(28)17-15-21)26(31)18-25(22-10-6-4-7-11-22)23-12-8-5-9-13-23/h4-17,20,25H,3,18-19H2,1-2H3,(H,29,32)/t20-/m1/s1. The highest BCUT2D eigenvalue weighted by atomic mass is 79.9. The van der Waals surface area contributed by atoms with E-state index in [0.717, 1.165) is 21.2 Å². The maximum atomic E-state index is 13.7. The van der Waals surface area contributed by atoms with Gasteiger partial charge in [0.2, 0.25) is 11.8 Å². The lowest BCUT2D eigenvalue weighted by molar-refractivity contribution is -0.140. The first kappa shape index (κ1) is 23.7. The molecule has 166 valence electrons. The summed E-state index contributed by atoms with van der Waals surface area (Å²) in [6.07, 6.45) is 0.286. The minimum absolute atomic E-state index is 0.0515. The lowest BCUT2D eigenvalue weighted by Gasteiger charge is -2.30. The number of likely N-dealkylation sites (N-methyl/N-ethyl adjacent to an activating group) is 1. The first-order chi connectivity index (χ1) is 15.5. The van der Waals surface area contributed by atoms with Crippen LogP contribution in [0.5, 0.6) is 0 Å². The van der Waals surface area contributed by atoms with Crippen LogP contribution in [-0.2, 0) is 16.1 Å². The largest absolute Gasteiger partial charge is 0.355 e. The second-order valence-electron chi connectivity index (χ2n) is 7.80. The Bertz CT molecular complexity index is 967. The van der Waals surface area contributed by atoms with E-state index in [1.807, 2.05) is 67.6 Å². The van der Waals surface area contributed by atoms with Crippen LogP contribution < -0.4 is 5.32 Å². The fraction of sp³-hybridized carbons (Fsp3) is 0.259. The summed E-state index contributed by atoms with van der Waals surface area (Å²) in [5, 5.41) is 2.85. The number of benzene rings is 3. The second kappa shape index (κ2) is 11.6. The molecule has 0 radical (unpaired) electrons. The molecule has 0 saturated heterocycles. The SMILES string of the molecule is CCNC(=O)[C@@H](C)N(Cc1ccc(Br)cc1)C(=O)CC(c1ccccc1)c1ccccc1. The zero-order valence-electron chi connectivity index (χ0n) is 18.5. The number of hydrogen-bond donors (Lipinski definition) is 1. The third kappa shape index (κ3) is 6.30. The lowest BCUT2D eigenvalue weighted by Crippen LogP contribution is -2.47. The average Bonchev–Trinajstić information content (AvgIpc) is 2.83. The molecule has 2 amide bonds. The summed E-state index contributed by atoms with van der Waals surface area (Å²) in [7, 11) is 0. The molecule has 0 heterocycles. The van der Waals surface area contributed by atoms with Crippen LogP contribution in [0, 0.1) is 0 Å². The second-order valence-corrected chi connectivity index (χ2v) is 8.71. The van der Waals surface area contributed by atoms with Gasteiger partial charge in [0.25, 0.3) is 0 Å². The van der Waals surface area contributed by atoms with Gasteiger partial charge in [-0.25, -0.2) is 0 Å². The summed E-state index contributed by atoms with van der Waals surface area (Å²) in [6.45, 7) is 4.58. The molecule has 3 aromatic rings. The maximum Gasteiger partial charge on any atom is 0.242 e. The summed E-state index contributed by atoms with van der Waals surface area (Å²) >= 11 is 3.45. The highest BCUT2D eigenvalue weighted by Gasteiger charge is 2.28. The molecule has 5 heteroatoms. The van der Waals surface area contributed by atoms with Gasteiger partial charge in [-0.1, -0.05) is 88.7 Å². The number of rotatable bonds is 9. The summed E-state index contributed by atoms with van der Waals surface area (Å²) < 4.78 is 0.976. The van der Waals surface area contributed by atoms with E-state index in [9.17, 15) is 9.59 Å². The summed E-state index contributed by atoms with van der Waals surface area (Å²) in [4.78, 5) is 28.0. The number of hydrogen-bond acceptors (Lipinski definition) is 2. The van der Waals surface area contributed by atoms with Crippen LogP contribution in [0.1, 0.15) is 42.9 Å². The summed E-state index contributed by atoms with van der Waals surface area (Å²) in [5.74, 6) is -0.280. The van der Waals surface area contributed by atoms with Crippen molar-refractivity contribution in [3.8, 4) is 0 Å². The minimum Gasteiger partial charge on any atom is -0.355 e. The Morgan fingerprint density at radius 1 is 0.875 bits per heavy atom. The Morgan fingerprint density at radius 3 is 1.91 bits per heavy atom. The number of carbonyl (C=O) groups is 2. The van der Waals surface area contributed by atoms with E-state index < -0.39 is 6.04 Å². The van der Waals surface area contributed by atoms with E-state index >= 15 is 0 Å². The van der Waals surface area contributed by atoms with Crippen LogP contribution in [0.3, 0.4) is 0 Å². The highest BCUT2D eigenvalue weighted by molar-refractivity contribution is 9.10.